The predicted molar refractivity (Wildman–Crippen MR) is 83.7 cm³/mol. The summed E-state index contributed by atoms with van der Waals surface area (Å²) in [6.07, 6.45) is 5.59. The molecule has 2 aliphatic rings. The van der Waals surface area contributed by atoms with E-state index in [-0.39, 0.29) is 11.8 Å². The van der Waals surface area contributed by atoms with Crippen LogP contribution in [-0.4, -0.2) is 33.4 Å². The number of hydrogen-bond acceptors (Lipinski definition) is 5. The Hall–Kier alpha value is -1.72. The molecule has 3 rings (SSSR count). The van der Waals surface area contributed by atoms with E-state index in [9.17, 15) is 9.59 Å². The lowest BCUT2D eigenvalue weighted by Gasteiger charge is -2.10. The van der Waals surface area contributed by atoms with Crippen molar-refractivity contribution in [3.8, 4) is 0 Å². The van der Waals surface area contributed by atoms with E-state index >= 15 is 0 Å². The third-order valence-electron chi connectivity index (χ3n) is 5.23. The van der Waals surface area contributed by atoms with Crippen LogP contribution >= 0.6 is 0 Å². The van der Waals surface area contributed by atoms with Gasteiger partial charge in [-0.1, -0.05) is 5.21 Å². The van der Waals surface area contributed by atoms with Gasteiger partial charge in [0.1, 0.15) is 5.78 Å². The first kappa shape index (κ1) is 16.1. The van der Waals surface area contributed by atoms with Gasteiger partial charge in [-0.15, -0.1) is 5.10 Å². The minimum atomic E-state index is -0.185. The van der Waals surface area contributed by atoms with Gasteiger partial charge >= 0.3 is 5.97 Å². The monoisotopic (exact) mass is 319 g/mol. The van der Waals surface area contributed by atoms with Crippen LogP contribution in [0.3, 0.4) is 0 Å². The largest absolute Gasteiger partial charge is 0.466 e. The summed E-state index contributed by atoms with van der Waals surface area (Å²) < 4.78 is 7.18. The summed E-state index contributed by atoms with van der Waals surface area (Å²) in [6.45, 7) is 4.44. The second kappa shape index (κ2) is 6.81. The number of carbonyl (C=O) groups excluding carboxylic acids is 2. The first-order valence-electron chi connectivity index (χ1n) is 8.60. The van der Waals surface area contributed by atoms with Gasteiger partial charge in [-0.05, 0) is 56.8 Å². The molecule has 1 heterocycles. The van der Waals surface area contributed by atoms with Crippen molar-refractivity contribution >= 4 is 11.8 Å². The summed E-state index contributed by atoms with van der Waals surface area (Å²) in [5.74, 6) is 1.91. The highest BCUT2D eigenvalue weighted by molar-refractivity contribution is 5.75. The van der Waals surface area contributed by atoms with E-state index in [0.717, 1.165) is 44.3 Å². The number of esters is 1. The standard InChI is InChI=1S/C17H25N3O3/c1-11(21)4-3-9-20-17-8-6-14-13(5-7-16(17)18-19-20)15(14)10-23-12(2)22/h13-15H,3-10H2,1-2H3/t13-,14+,15-/m0/s1. The Morgan fingerprint density at radius 3 is 2.65 bits per heavy atom. The van der Waals surface area contributed by atoms with Gasteiger partial charge in [-0.3, -0.25) is 4.79 Å². The maximum Gasteiger partial charge on any atom is 0.302 e. The summed E-state index contributed by atoms with van der Waals surface area (Å²) in [7, 11) is 0. The van der Waals surface area contributed by atoms with Gasteiger partial charge in [0, 0.05) is 19.9 Å². The molecule has 0 aliphatic heterocycles. The number of hydrogen-bond donors (Lipinski definition) is 0. The number of ketones is 1. The van der Waals surface area contributed by atoms with Gasteiger partial charge in [-0.25, -0.2) is 4.68 Å². The van der Waals surface area contributed by atoms with E-state index in [1.54, 1.807) is 6.92 Å². The van der Waals surface area contributed by atoms with Gasteiger partial charge in [0.25, 0.3) is 0 Å². The average Bonchev–Trinajstić information content (AvgIpc) is 2.98. The molecule has 2 aliphatic carbocycles. The van der Waals surface area contributed by atoms with Crippen LogP contribution in [0, 0.1) is 17.8 Å². The maximum atomic E-state index is 11.1. The average molecular weight is 319 g/mol. The first-order valence-corrected chi connectivity index (χ1v) is 8.60. The molecule has 6 nitrogen and oxygen atoms in total. The van der Waals surface area contributed by atoms with Crippen LogP contribution < -0.4 is 0 Å². The number of nitrogens with zero attached hydrogens (tertiary/aromatic N) is 3. The van der Waals surface area contributed by atoms with Crippen LogP contribution in [0.2, 0.25) is 0 Å². The quantitative estimate of drug-likeness (QED) is 0.749. The van der Waals surface area contributed by atoms with Crippen molar-refractivity contribution in [1.82, 2.24) is 15.0 Å². The first-order chi connectivity index (χ1) is 11.1. The van der Waals surface area contributed by atoms with Crippen molar-refractivity contribution in [3.05, 3.63) is 11.4 Å². The van der Waals surface area contributed by atoms with Crippen molar-refractivity contribution in [2.45, 2.75) is 58.9 Å². The fraction of sp³-hybridized carbons (Fsp3) is 0.765. The molecule has 126 valence electrons. The maximum absolute atomic E-state index is 11.1. The molecule has 0 bridgehead atoms. The number of carbonyl (C=O) groups is 2. The Bertz CT molecular complexity index is 596. The second-order valence-electron chi connectivity index (χ2n) is 6.88. The zero-order valence-electron chi connectivity index (χ0n) is 14.0. The van der Waals surface area contributed by atoms with Gasteiger partial charge in [0.05, 0.1) is 18.0 Å². The highest BCUT2D eigenvalue weighted by Crippen LogP contribution is 2.52. The molecule has 0 amide bonds. The second-order valence-corrected chi connectivity index (χ2v) is 6.88. The molecular formula is C17H25N3O3. The molecule has 0 radical (unpaired) electrons. The Morgan fingerprint density at radius 2 is 1.96 bits per heavy atom. The Labute approximate surface area is 136 Å². The van der Waals surface area contributed by atoms with Crippen molar-refractivity contribution < 1.29 is 14.3 Å². The molecule has 1 fully saturated rings. The van der Waals surface area contributed by atoms with Crippen LogP contribution in [0.15, 0.2) is 0 Å². The summed E-state index contributed by atoms with van der Waals surface area (Å²) in [6, 6.07) is 0. The third kappa shape index (κ3) is 3.79. The molecule has 0 saturated heterocycles. The smallest absolute Gasteiger partial charge is 0.302 e. The fourth-order valence-corrected chi connectivity index (χ4v) is 3.94. The van der Waals surface area contributed by atoms with E-state index < -0.39 is 0 Å². The molecule has 0 aromatic carbocycles. The van der Waals surface area contributed by atoms with E-state index in [1.807, 2.05) is 4.68 Å². The summed E-state index contributed by atoms with van der Waals surface area (Å²) in [5.41, 5.74) is 2.36. The van der Waals surface area contributed by atoms with E-state index in [1.165, 1.54) is 12.6 Å². The van der Waals surface area contributed by atoms with Crippen LogP contribution in [0.4, 0.5) is 0 Å². The van der Waals surface area contributed by atoms with Gasteiger partial charge in [0.2, 0.25) is 0 Å². The number of aryl methyl sites for hydroxylation is 2. The zero-order valence-corrected chi connectivity index (χ0v) is 14.0. The minimum Gasteiger partial charge on any atom is -0.466 e. The molecule has 0 spiro atoms. The zero-order chi connectivity index (χ0) is 16.4. The van der Waals surface area contributed by atoms with Crippen LogP contribution in [0.25, 0.3) is 0 Å². The minimum absolute atomic E-state index is 0.185. The molecular weight excluding hydrogens is 294 g/mol. The Morgan fingerprint density at radius 1 is 1.22 bits per heavy atom. The van der Waals surface area contributed by atoms with Crippen molar-refractivity contribution in [2.24, 2.45) is 17.8 Å². The molecule has 1 aromatic rings. The summed E-state index contributed by atoms with van der Waals surface area (Å²) in [5, 5.41) is 8.63. The molecule has 0 unspecified atom stereocenters. The predicted octanol–water partition coefficient (Wildman–Crippen LogP) is 1.95. The van der Waals surface area contributed by atoms with Crippen LogP contribution in [0.5, 0.6) is 0 Å². The Balaban J connectivity index is 1.57. The summed E-state index contributed by atoms with van der Waals surface area (Å²) in [4.78, 5) is 22.1. The lowest BCUT2D eigenvalue weighted by Crippen LogP contribution is -2.09. The third-order valence-corrected chi connectivity index (χ3v) is 5.23. The molecule has 1 aromatic heterocycles. The highest BCUT2D eigenvalue weighted by atomic mass is 16.5. The lowest BCUT2D eigenvalue weighted by atomic mass is 10.0. The molecule has 0 N–H and O–H groups in total. The molecule has 1 saturated carbocycles. The highest BCUT2D eigenvalue weighted by Gasteiger charge is 2.50. The SMILES string of the molecule is CC(=O)CCCn1nnc2c1CC[C@@H]1[C@H](CC2)[C@@H]1COC(C)=O. The topological polar surface area (TPSA) is 74.1 Å². The number of ether oxygens (including phenoxy) is 1. The number of rotatable bonds is 6. The molecule has 3 atom stereocenters. The molecule has 6 heteroatoms. The molecule has 23 heavy (non-hydrogen) atoms. The van der Waals surface area contributed by atoms with Crippen molar-refractivity contribution in [1.29, 1.82) is 0 Å². The van der Waals surface area contributed by atoms with Gasteiger partial charge in [-0.2, -0.15) is 0 Å². The van der Waals surface area contributed by atoms with Crippen molar-refractivity contribution in [2.75, 3.05) is 6.61 Å². The van der Waals surface area contributed by atoms with Gasteiger partial charge < -0.3 is 9.53 Å². The number of Topliss-reactive ketones (excluding diaryl/α,β-unsaturated/α-hetero) is 1. The Kier molecular flexibility index (Phi) is 4.78. The summed E-state index contributed by atoms with van der Waals surface area (Å²) >= 11 is 0. The number of aromatic nitrogens is 3. The van der Waals surface area contributed by atoms with Crippen molar-refractivity contribution in [3.63, 3.8) is 0 Å². The fourth-order valence-electron chi connectivity index (χ4n) is 3.94. The van der Waals surface area contributed by atoms with E-state index in [4.69, 9.17) is 4.74 Å². The lowest BCUT2D eigenvalue weighted by molar-refractivity contribution is -0.141. The van der Waals surface area contributed by atoms with E-state index in [0.29, 0.717) is 30.8 Å². The normalized spacial score (nSPS) is 25.7. The number of fused-ring (bicyclic) bond motifs is 2. The van der Waals surface area contributed by atoms with Crippen LogP contribution in [0.1, 0.15) is 50.9 Å². The van der Waals surface area contributed by atoms with E-state index in [2.05, 4.69) is 10.3 Å². The van der Waals surface area contributed by atoms with Crippen LogP contribution in [-0.2, 0) is 33.7 Å². The van der Waals surface area contributed by atoms with Gasteiger partial charge in [0.15, 0.2) is 0 Å².